The highest BCUT2D eigenvalue weighted by molar-refractivity contribution is 5.87. The van der Waals surface area contributed by atoms with Crippen LogP contribution in [-0.2, 0) is 14.3 Å². The van der Waals surface area contributed by atoms with Crippen LogP contribution in [0.25, 0.3) is 0 Å². The first-order valence-corrected chi connectivity index (χ1v) is 9.03. The van der Waals surface area contributed by atoms with Crippen molar-refractivity contribution < 1.29 is 18.7 Å². The molecule has 134 valence electrons. The van der Waals surface area contributed by atoms with Gasteiger partial charge in [-0.25, -0.2) is 4.39 Å². The number of rotatable bonds is 4. The Morgan fingerprint density at radius 2 is 1.96 bits per heavy atom. The molecule has 2 aliphatic heterocycles. The number of carbonyl (C=O) groups is 2. The number of likely N-dealkylation sites (N-methyl/N-ethyl adjacent to an activating group) is 1. The minimum absolute atomic E-state index is 0.0186. The van der Waals surface area contributed by atoms with E-state index < -0.39 is 11.3 Å². The normalized spacial score (nSPS) is 31.2. The molecule has 4 fully saturated rings. The zero-order valence-corrected chi connectivity index (χ0v) is 14.2. The Morgan fingerprint density at radius 1 is 1.25 bits per heavy atom. The number of morpholine rings is 1. The van der Waals surface area contributed by atoms with Gasteiger partial charge in [-0.2, -0.15) is 0 Å². The minimum Gasteiger partial charge on any atom is -0.368 e. The van der Waals surface area contributed by atoms with Gasteiger partial charge in [-0.3, -0.25) is 14.5 Å². The van der Waals surface area contributed by atoms with Crippen LogP contribution in [0.3, 0.4) is 0 Å². The molecule has 6 nitrogen and oxygen atoms in total. The molecular weight excluding hydrogens is 313 g/mol. The summed E-state index contributed by atoms with van der Waals surface area (Å²) in [6.07, 6.45) is 3.94. The van der Waals surface area contributed by atoms with Crippen LogP contribution < -0.4 is 5.32 Å². The molecule has 1 N–H and O–H groups in total. The summed E-state index contributed by atoms with van der Waals surface area (Å²) < 4.78 is 20.3. The molecule has 24 heavy (non-hydrogen) atoms. The molecule has 0 aromatic carbocycles. The molecule has 0 aromatic rings. The van der Waals surface area contributed by atoms with Crippen LogP contribution in [0.2, 0.25) is 0 Å². The van der Waals surface area contributed by atoms with Crippen molar-refractivity contribution in [1.29, 1.82) is 0 Å². The van der Waals surface area contributed by atoms with E-state index >= 15 is 0 Å². The number of halogens is 1. The Bertz CT molecular complexity index is 541. The maximum Gasteiger partial charge on any atom is 0.260 e. The summed E-state index contributed by atoms with van der Waals surface area (Å²) in [7, 11) is 1.64. The Kier molecular flexibility index (Phi) is 3.84. The molecule has 2 aliphatic carbocycles. The van der Waals surface area contributed by atoms with Gasteiger partial charge in [0.05, 0.1) is 19.7 Å². The Hall–Kier alpha value is -1.21. The van der Waals surface area contributed by atoms with Gasteiger partial charge in [0, 0.05) is 20.1 Å². The van der Waals surface area contributed by atoms with Gasteiger partial charge in [0.15, 0.2) is 5.67 Å². The molecule has 1 atom stereocenters. The zero-order chi connectivity index (χ0) is 16.9. The van der Waals surface area contributed by atoms with E-state index in [-0.39, 0.29) is 17.9 Å². The molecule has 0 bridgehead atoms. The summed E-state index contributed by atoms with van der Waals surface area (Å²) in [4.78, 5) is 28.2. The van der Waals surface area contributed by atoms with Gasteiger partial charge < -0.3 is 15.0 Å². The van der Waals surface area contributed by atoms with Crippen LogP contribution in [0.1, 0.15) is 32.1 Å². The lowest BCUT2D eigenvalue weighted by Gasteiger charge is -2.56. The highest BCUT2D eigenvalue weighted by atomic mass is 19.1. The van der Waals surface area contributed by atoms with Gasteiger partial charge in [0.1, 0.15) is 11.6 Å². The van der Waals surface area contributed by atoms with Crippen molar-refractivity contribution in [3.05, 3.63) is 0 Å². The molecule has 4 rings (SSSR count). The van der Waals surface area contributed by atoms with Gasteiger partial charge in [-0.1, -0.05) is 0 Å². The number of nitrogens with zero attached hydrogens (tertiary/aromatic N) is 2. The summed E-state index contributed by atoms with van der Waals surface area (Å²) >= 11 is 0. The van der Waals surface area contributed by atoms with Gasteiger partial charge in [-0.15, -0.1) is 0 Å². The first-order valence-electron chi connectivity index (χ1n) is 9.03. The number of amides is 2. The molecule has 0 aromatic heterocycles. The molecular formula is C17H26FN3O3. The Morgan fingerprint density at radius 3 is 2.50 bits per heavy atom. The largest absolute Gasteiger partial charge is 0.368 e. The highest BCUT2D eigenvalue weighted by Gasteiger charge is 2.57. The summed E-state index contributed by atoms with van der Waals surface area (Å²) in [5.74, 6) is 0.286. The van der Waals surface area contributed by atoms with Gasteiger partial charge in [0.25, 0.3) is 5.91 Å². The molecule has 2 saturated carbocycles. The third-order valence-electron chi connectivity index (χ3n) is 5.99. The maximum atomic E-state index is 14.3. The quantitative estimate of drug-likeness (QED) is 0.801. The third kappa shape index (κ3) is 2.71. The fourth-order valence-electron chi connectivity index (χ4n) is 4.09. The van der Waals surface area contributed by atoms with E-state index in [1.807, 2.05) is 0 Å². The molecule has 2 amide bonds. The lowest BCUT2D eigenvalue weighted by Crippen LogP contribution is -2.75. The predicted molar refractivity (Wildman–Crippen MR) is 85.1 cm³/mol. The van der Waals surface area contributed by atoms with Gasteiger partial charge in [-0.05, 0) is 38.0 Å². The van der Waals surface area contributed by atoms with Crippen molar-refractivity contribution in [1.82, 2.24) is 15.1 Å². The van der Waals surface area contributed by atoms with E-state index in [1.165, 1.54) is 12.8 Å². The average molecular weight is 339 g/mol. The SMILES string of the molecule is CNC(=O)C1COC2(CN(C(=O)C3(F)CCC3)C2)CN1CC1CC1. The van der Waals surface area contributed by atoms with Crippen molar-refractivity contribution in [3.63, 3.8) is 0 Å². The lowest BCUT2D eigenvalue weighted by atomic mass is 9.79. The number of nitrogens with one attached hydrogen (secondary N) is 1. The summed E-state index contributed by atoms with van der Waals surface area (Å²) in [5, 5.41) is 2.71. The predicted octanol–water partition coefficient (Wildman–Crippen LogP) is 0.316. The average Bonchev–Trinajstić information content (AvgIpc) is 3.32. The number of ether oxygens (including phenoxy) is 1. The van der Waals surface area contributed by atoms with E-state index in [4.69, 9.17) is 4.74 Å². The number of alkyl halides is 1. The second-order valence-electron chi connectivity index (χ2n) is 7.98. The van der Waals surface area contributed by atoms with Crippen LogP contribution in [0.15, 0.2) is 0 Å². The third-order valence-corrected chi connectivity index (χ3v) is 5.99. The number of carbonyl (C=O) groups excluding carboxylic acids is 2. The van der Waals surface area contributed by atoms with Crippen LogP contribution in [0.4, 0.5) is 4.39 Å². The Labute approximate surface area is 141 Å². The maximum absolute atomic E-state index is 14.3. The van der Waals surface area contributed by atoms with E-state index in [0.29, 0.717) is 45.0 Å². The van der Waals surface area contributed by atoms with E-state index in [2.05, 4.69) is 10.2 Å². The van der Waals surface area contributed by atoms with Crippen LogP contribution in [0, 0.1) is 5.92 Å². The number of likely N-dealkylation sites (tertiary alicyclic amines) is 1. The second-order valence-corrected chi connectivity index (χ2v) is 7.98. The minimum atomic E-state index is -1.63. The summed E-state index contributed by atoms with van der Waals surface area (Å²) in [6, 6.07) is -0.259. The summed E-state index contributed by atoms with van der Waals surface area (Å²) in [6.45, 7) is 2.78. The van der Waals surface area contributed by atoms with Crippen molar-refractivity contribution >= 4 is 11.8 Å². The number of hydrogen-bond donors (Lipinski definition) is 1. The lowest BCUT2D eigenvalue weighted by molar-refractivity contribution is -0.211. The van der Waals surface area contributed by atoms with Crippen molar-refractivity contribution in [2.24, 2.45) is 5.92 Å². The molecule has 7 heteroatoms. The molecule has 0 radical (unpaired) electrons. The molecule has 2 heterocycles. The Balaban J connectivity index is 1.39. The summed E-state index contributed by atoms with van der Waals surface area (Å²) in [5.41, 5.74) is -2.05. The molecule has 1 spiro atoms. The standard InChI is InChI=1S/C17H26FN3O3/c1-19-14(22)13-8-24-16(9-20(13)7-12-3-4-12)10-21(11-16)15(23)17(18)5-2-6-17/h12-13H,2-11H2,1H3,(H,19,22). The van der Waals surface area contributed by atoms with Crippen LogP contribution >= 0.6 is 0 Å². The first kappa shape index (κ1) is 16.3. The topological polar surface area (TPSA) is 61.9 Å². The molecule has 2 saturated heterocycles. The second kappa shape index (κ2) is 5.66. The first-order chi connectivity index (χ1) is 11.4. The van der Waals surface area contributed by atoms with Crippen LogP contribution in [-0.4, -0.2) is 78.8 Å². The zero-order valence-electron chi connectivity index (χ0n) is 14.2. The van der Waals surface area contributed by atoms with E-state index in [0.717, 1.165) is 13.0 Å². The highest BCUT2D eigenvalue weighted by Crippen LogP contribution is 2.41. The monoisotopic (exact) mass is 339 g/mol. The fourth-order valence-corrected chi connectivity index (χ4v) is 4.09. The van der Waals surface area contributed by atoms with E-state index in [9.17, 15) is 14.0 Å². The van der Waals surface area contributed by atoms with Crippen molar-refractivity contribution in [2.45, 2.75) is 49.4 Å². The van der Waals surface area contributed by atoms with Gasteiger partial charge >= 0.3 is 0 Å². The van der Waals surface area contributed by atoms with Crippen molar-refractivity contribution in [3.8, 4) is 0 Å². The molecule has 4 aliphatic rings. The number of hydrogen-bond acceptors (Lipinski definition) is 4. The smallest absolute Gasteiger partial charge is 0.260 e. The van der Waals surface area contributed by atoms with Gasteiger partial charge in [0.2, 0.25) is 5.91 Å². The molecule has 1 unspecified atom stereocenters. The van der Waals surface area contributed by atoms with Crippen LogP contribution in [0.5, 0.6) is 0 Å². The van der Waals surface area contributed by atoms with Crippen molar-refractivity contribution in [2.75, 3.05) is 39.8 Å². The van der Waals surface area contributed by atoms with E-state index in [1.54, 1.807) is 11.9 Å². The fraction of sp³-hybridized carbons (Fsp3) is 0.882.